The predicted molar refractivity (Wildman–Crippen MR) is 136 cm³/mol. The van der Waals surface area contributed by atoms with Crippen molar-refractivity contribution < 1.29 is 13.9 Å². The second-order valence-electron chi connectivity index (χ2n) is 7.75. The number of fused-ring (bicyclic) bond motifs is 1. The number of halogens is 2. The lowest BCUT2D eigenvalue weighted by molar-refractivity contribution is 0.155. The Bertz CT molecular complexity index is 1650. The van der Waals surface area contributed by atoms with Crippen LogP contribution in [0.15, 0.2) is 76.1 Å². The Morgan fingerprint density at radius 1 is 1.11 bits per heavy atom. The zero-order chi connectivity index (χ0) is 25.2. The summed E-state index contributed by atoms with van der Waals surface area (Å²) in [6.07, 6.45) is 0.810. The van der Waals surface area contributed by atoms with Crippen LogP contribution in [0.5, 0.6) is 0 Å². The largest absolute Gasteiger partial charge is 0.444 e. The summed E-state index contributed by atoms with van der Waals surface area (Å²) in [6, 6.07) is 17.2. The average molecular weight is 522 g/mol. The third kappa shape index (κ3) is 4.79. The number of nitrogens with one attached hydrogen (secondary N) is 1. The molecule has 0 radical (unpaired) electrons. The Labute approximate surface area is 214 Å². The molecule has 0 fully saturated rings. The number of pyridine rings is 1. The highest BCUT2D eigenvalue weighted by molar-refractivity contribution is 6.32. The van der Waals surface area contributed by atoms with E-state index in [-0.39, 0.29) is 40.2 Å². The summed E-state index contributed by atoms with van der Waals surface area (Å²) in [7, 11) is 0. The molecule has 180 valence electrons. The molecule has 0 saturated heterocycles. The monoisotopic (exact) mass is 521 g/mol. The van der Waals surface area contributed by atoms with E-state index in [9.17, 15) is 9.59 Å². The van der Waals surface area contributed by atoms with E-state index in [0.717, 1.165) is 5.56 Å². The molecule has 1 N–H and O–H groups in total. The van der Waals surface area contributed by atoms with Crippen molar-refractivity contribution in [1.29, 1.82) is 0 Å². The number of hydrogen-bond donors (Lipinski definition) is 1. The van der Waals surface area contributed by atoms with Crippen LogP contribution in [-0.4, -0.2) is 25.8 Å². The summed E-state index contributed by atoms with van der Waals surface area (Å²) in [5, 5.41) is 7.89. The van der Waals surface area contributed by atoms with E-state index in [1.807, 2.05) is 30.3 Å². The van der Waals surface area contributed by atoms with E-state index in [4.69, 9.17) is 32.4 Å². The molecular weight excluding hydrogens is 505 g/mol. The smallest absolute Gasteiger partial charge is 0.413 e. The van der Waals surface area contributed by atoms with E-state index in [1.165, 1.54) is 23.0 Å². The van der Waals surface area contributed by atoms with Crippen molar-refractivity contribution in [2.24, 2.45) is 0 Å². The molecule has 2 aromatic carbocycles. The molecule has 0 saturated carbocycles. The van der Waals surface area contributed by atoms with Crippen LogP contribution in [0.2, 0.25) is 10.0 Å². The van der Waals surface area contributed by atoms with Crippen molar-refractivity contribution in [3.05, 3.63) is 98.5 Å². The normalized spacial score (nSPS) is 11.0. The van der Waals surface area contributed by atoms with E-state index in [0.29, 0.717) is 16.1 Å². The van der Waals surface area contributed by atoms with Crippen molar-refractivity contribution in [1.82, 2.24) is 19.7 Å². The van der Waals surface area contributed by atoms with E-state index in [1.54, 1.807) is 25.1 Å². The minimum atomic E-state index is -0.722. The first-order valence-electron chi connectivity index (χ1n) is 10.7. The first kappa shape index (κ1) is 23.5. The van der Waals surface area contributed by atoms with Gasteiger partial charge in [0.25, 0.3) is 0 Å². The molecule has 3 aromatic heterocycles. The quantitative estimate of drug-likeness (QED) is 0.311. The molecule has 0 aliphatic carbocycles. The summed E-state index contributed by atoms with van der Waals surface area (Å²) in [5.41, 5.74) is 1.55. The Morgan fingerprint density at radius 3 is 2.69 bits per heavy atom. The van der Waals surface area contributed by atoms with Crippen molar-refractivity contribution in [2.75, 3.05) is 5.32 Å². The topological polar surface area (TPSA) is 112 Å². The van der Waals surface area contributed by atoms with E-state index < -0.39 is 11.7 Å². The van der Waals surface area contributed by atoms with Gasteiger partial charge in [-0.25, -0.2) is 24.2 Å². The maximum atomic E-state index is 12.8. The maximum absolute atomic E-state index is 12.8. The van der Waals surface area contributed by atoms with Gasteiger partial charge in [0.15, 0.2) is 11.6 Å². The van der Waals surface area contributed by atoms with Gasteiger partial charge in [-0.1, -0.05) is 53.5 Å². The first-order chi connectivity index (χ1) is 17.4. The van der Waals surface area contributed by atoms with Gasteiger partial charge in [-0.15, -0.1) is 5.10 Å². The highest BCUT2D eigenvalue weighted by Crippen LogP contribution is 2.29. The Morgan fingerprint density at radius 2 is 1.92 bits per heavy atom. The number of ether oxygens (including phenoxy) is 1. The van der Waals surface area contributed by atoms with Gasteiger partial charge in [0.1, 0.15) is 12.3 Å². The Kier molecular flexibility index (Phi) is 6.41. The number of amides is 1. The number of carbonyl (C=O) groups is 1. The number of aromatic nitrogens is 4. The minimum Gasteiger partial charge on any atom is -0.444 e. The number of aryl methyl sites for hydroxylation is 1. The Balaban J connectivity index is 1.55. The molecule has 3 heterocycles. The molecule has 0 spiro atoms. The van der Waals surface area contributed by atoms with Gasteiger partial charge in [0.05, 0.1) is 15.9 Å². The highest BCUT2D eigenvalue weighted by Gasteiger charge is 2.21. The fourth-order valence-electron chi connectivity index (χ4n) is 3.57. The fraction of sp³-hybridized carbons (Fsp3) is 0.0800. The van der Waals surface area contributed by atoms with Gasteiger partial charge in [0.2, 0.25) is 5.89 Å². The molecule has 9 nitrogen and oxygen atoms in total. The van der Waals surface area contributed by atoms with Crippen LogP contribution >= 0.6 is 23.2 Å². The van der Waals surface area contributed by atoms with Gasteiger partial charge in [-0.05, 0) is 42.3 Å². The molecule has 0 unspecified atom stereocenters. The zero-order valence-corrected chi connectivity index (χ0v) is 20.2. The zero-order valence-electron chi connectivity index (χ0n) is 18.7. The minimum absolute atomic E-state index is 0.0437. The van der Waals surface area contributed by atoms with Crippen LogP contribution in [0.3, 0.4) is 0 Å². The van der Waals surface area contributed by atoms with Crippen molar-refractivity contribution in [3.63, 3.8) is 0 Å². The van der Waals surface area contributed by atoms with Crippen LogP contribution in [0, 0.1) is 6.92 Å². The van der Waals surface area contributed by atoms with E-state index in [2.05, 4.69) is 20.4 Å². The molecule has 0 aliphatic rings. The molecular formula is C25H17Cl2N5O4. The number of hydrogen-bond acceptors (Lipinski definition) is 7. The van der Waals surface area contributed by atoms with Crippen LogP contribution < -0.4 is 10.9 Å². The first-order valence-corrected chi connectivity index (χ1v) is 11.4. The van der Waals surface area contributed by atoms with Gasteiger partial charge >= 0.3 is 11.7 Å². The van der Waals surface area contributed by atoms with Gasteiger partial charge < -0.3 is 9.15 Å². The van der Waals surface area contributed by atoms with Crippen LogP contribution in [0.25, 0.3) is 28.3 Å². The molecule has 0 bridgehead atoms. The number of anilines is 1. The summed E-state index contributed by atoms with van der Waals surface area (Å²) in [5.74, 6) is 0.317. The molecule has 36 heavy (non-hydrogen) atoms. The molecule has 5 aromatic rings. The summed E-state index contributed by atoms with van der Waals surface area (Å²) < 4.78 is 12.1. The van der Waals surface area contributed by atoms with Gasteiger partial charge in [0, 0.05) is 17.3 Å². The number of benzene rings is 2. The number of carbonyl (C=O) groups excluding carboxylic acids is 1. The molecule has 11 heteroatoms. The summed E-state index contributed by atoms with van der Waals surface area (Å²) in [6.45, 7) is 1.86. The average Bonchev–Trinajstić information content (AvgIpc) is 3.27. The van der Waals surface area contributed by atoms with E-state index >= 15 is 0 Å². The van der Waals surface area contributed by atoms with Crippen molar-refractivity contribution in [3.8, 4) is 17.4 Å². The predicted octanol–water partition coefficient (Wildman–Crippen LogP) is 5.80. The lowest BCUT2D eigenvalue weighted by atomic mass is 10.1. The maximum Gasteiger partial charge on any atom is 0.413 e. The molecule has 5 rings (SSSR count). The SMILES string of the molecule is Cc1cc(Cl)cc2c(=O)oc(-c3cc(NC(=O)OCc4ccccc4)nn3-c3ncccc3Cl)nc12. The lowest BCUT2D eigenvalue weighted by Gasteiger charge is -2.08. The summed E-state index contributed by atoms with van der Waals surface area (Å²) in [4.78, 5) is 34.0. The Hall–Kier alpha value is -4.21. The fourth-order valence-corrected chi connectivity index (χ4v) is 4.04. The number of nitrogens with zero attached hydrogens (tertiary/aromatic N) is 4. The number of rotatable bonds is 5. The molecule has 0 atom stereocenters. The highest BCUT2D eigenvalue weighted by atomic mass is 35.5. The molecule has 0 aliphatic heterocycles. The molecule has 1 amide bonds. The van der Waals surface area contributed by atoms with Gasteiger partial charge in [-0.2, -0.15) is 0 Å². The van der Waals surface area contributed by atoms with Crippen LogP contribution in [-0.2, 0) is 11.3 Å². The van der Waals surface area contributed by atoms with Gasteiger partial charge in [-0.3, -0.25) is 5.32 Å². The second kappa shape index (κ2) is 9.80. The second-order valence-corrected chi connectivity index (χ2v) is 8.59. The standard InChI is InChI=1S/C25H17Cl2N5O4/c1-14-10-16(26)11-17-21(14)30-23(36-24(17)33)19-12-20(31-32(19)22-18(27)8-5-9-28-22)29-25(34)35-13-15-6-3-2-4-7-15/h2-12H,13H2,1H3,(H,29,31,34). The third-order valence-corrected chi connectivity index (χ3v) is 5.71. The lowest BCUT2D eigenvalue weighted by Crippen LogP contribution is -2.14. The summed E-state index contributed by atoms with van der Waals surface area (Å²) >= 11 is 12.5. The van der Waals surface area contributed by atoms with Crippen molar-refractivity contribution in [2.45, 2.75) is 13.5 Å². The van der Waals surface area contributed by atoms with Crippen LogP contribution in [0.1, 0.15) is 11.1 Å². The third-order valence-electron chi connectivity index (χ3n) is 5.20. The van der Waals surface area contributed by atoms with Crippen molar-refractivity contribution >= 4 is 46.0 Å². The van der Waals surface area contributed by atoms with Crippen LogP contribution in [0.4, 0.5) is 10.6 Å².